The molecule has 0 aliphatic carbocycles. The van der Waals surface area contributed by atoms with Crippen molar-refractivity contribution in [3.63, 3.8) is 0 Å². The summed E-state index contributed by atoms with van der Waals surface area (Å²) < 4.78 is 15.0. The Kier molecular flexibility index (Phi) is 3.68. The normalized spacial score (nSPS) is 10.8. The van der Waals surface area contributed by atoms with E-state index in [0.29, 0.717) is 12.4 Å². The van der Waals surface area contributed by atoms with Crippen molar-refractivity contribution in [1.82, 2.24) is 14.4 Å². The van der Waals surface area contributed by atoms with Crippen molar-refractivity contribution in [3.05, 3.63) is 54.2 Å². The number of rotatable bonds is 5. The maximum absolute atomic E-state index is 13.1. The van der Waals surface area contributed by atoms with E-state index in [9.17, 15) is 4.39 Å². The molecule has 1 aromatic carbocycles. The minimum atomic E-state index is -0.210. The van der Waals surface area contributed by atoms with Crippen LogP contribution in [0.1, 0.15) is 5.56 Å². The first-order valence-electron chi connectivity index (χ1n) is 6.76. The number of fused-ring (bicyclic) bond motifs is 1. The van der Waals surface area contributed by atoms with E-state index in [1.54, 1.807) is 18.3 Å². The van der Waals surface area contributed by atoms with Crippen molar-refractivity contribution in [2.24, 2.45) is 0 Å². The Morgan fingerprint density at radius 2 is 2.24 bits per heavy atom. The van der Waals surface area contributed by atoms with Crippen LogP contribution in [0.3, 0.4) is 0 Å². The average Bonchev–Trinajstić information content (AvgIpc) is 2.95. The first kappa shape index (κ1) is 13.4. The number of hydrogen-bond donors (Lipinski definition) is 2. The van der Waals surface area contributed by atoms with Crippen LogP contribution in [0.2, 0.25) is 0 Å². The summed E-state index contributed by atoms with van der Waals surface area (Å²) in [5.74, 6) is 1.26. The van der Waals surface area contributed by atoms with E-state index in [1.807, 2.05) is 29.9 Å². The van der Waals surface area contributed by atoms with Crippen LogP contribution in [-0.2, 0) is 6.42 Å². The second-order valence-electron chi connectivity index (χ2n) is 4.69. The van der Waals surface area contributed by atoms with Crippen LogP contribution in [0, 0.1) is 5.82 Å². The highest BCUT2D eigenvalue weighted by molar-refractivity contribution is 5.65. The van der Waals surface area contributed by atoms with Crippen LogP contribution in [0.25, 0.3) is 5.65 Å². The summed E-state index contributed by atoms with van der Waals surface area (Å²) in [6.07, 6.45) is 6.19. The summed E-state index contributed by atoms with van der Waals surface area (Å²) in [6, 6.07) is 6.62. The number of imidazole rings is 1. The third-order valence-electron chi connectivity index (χ3n) is 3.23. The number of nitrogens with zero attached hydrogens (tertiary/aromatic N) is 3. The van der Waals surface area contributed by atoms with Gasteiger partial charge in [0.15, 0.2) is 11.5 Å². The molecular weight excluding hydrogens is 269 g/mol. The highest BCUT2D eigenvalue weighted by Gasteiger charge is 2.06. The molecule has 0 fully saturated rings. The van der Waals surface area contributed by atoms with Crippen LogP contribution in [0.5, 0.6) is 0 Å². The predicted molar refractivity (Wildman–Crippen MR) is 81.1 cm³/mol. The molecule has 3 aromatic rings. The van der Waals surface area contributed by atoms with E-state index in [0.717, 1.165) is 23.4 Å². The Bertz CT molecular complexity index is 753. The Balaban J connectivity index is 1.74. The lowest BCUT2D eigenvalue weighted by molar-refractivity contribution is 0.625. The zero-order chi connectivity index (χ0) is 14.7. The number of aromatic nitrogens is 3. The van der Waals surface area contributed by atoms with Crippen molar-refractivity contribution in [1.29, 1.82) is 0 Å². The molecule has 0 spiro atoms. The second-order valence-corrected chi connectivity index (χ2v) is 4.69. The van der Waals surface area contributed by atoms with Gasteiger partial charge in [0.1, 0.15) is 11.6 Å². The van der Waals surface area contributed by atoms with E-state index in [2.05, 4.69) is 20.6 Å². The summed E-state index contributed by atoms with van der Waals surface area (Å²) in [7, 11) is 1.82. The second kappa shape index (κ2) is 5.78. The van der Waals surface area contributed by atoms with Crippen LogP contribution < -0.4 is 10.6 Å². The number of hydrogen-bond acceptors (Lipinski definition) is 4. The van der Waals surface area contributed by atoms with Gasteiger partial charge in [0.2, 0.25) is 0 Å². The Hall–Kier alpha value is -2.63. The van der Waals surface area contributed by atoms with Gasteiger partial charge in [-0.25, -0.2) is 14.4 Å². The van der Waals surface area contributed by atoms with Crippen molar-refractivity contribution < 1.29 is 4.39 Å². The average molecular weight is 285 g/mol. The largest absolute Gasteiger partial charge is 0.372 e. The van der Waals surface area contributed by atoms with Crippen molar-refractivity contribution in [2.45, 2.75) is 6.42 Å². The van der Waals surface area contributed by atoms with Gasteiger partial charge < -0.3 is 15.0 Å². The predicted octanol–water partition coefficient (Wildman–Crippen LogP) is 2.56. The zero-order valence-electron chi connectivity index (χ0n) is 11.7. The molecule has 0 radical (unpaired) electrons. The summed E-state index contributed by atoms with van der Waals surface area (Å²) in [5.41, 5.74) is 1.72. The highest BCUT2D eigenvalue weighted by atomic mass is 19.1. The molecule has 3 rings (SSSR count). The van der Waals surface area contributed by atoms with Crippen molar-refractivity contribution in [2.75, 3.05) is 24.2 Å². The molecule has 2 N–H and O–H groups in total. The quantitative estimate of drug-likeness (QED) is 0.756. The molecule has 0 aliphatic rings. The van der Waals surface area contributed by atoms with Gasteiger partial charge in [0, 0.05) is 26.0 Å². The molecule has 0 bridgehead atoms. The lowest BCUT2D eigenvalue weighted by atomic mass is 10.1. The van der Waals surface area contributed by atoms with Crippen LogP contribution in [-0.4, -0.2) is 28.0 Å². The van der Waals surface area contributed by atoms with E-state index in [-0.39, 0.29) is 5.82 Å². The zero-order valence-corrected chi connectivity index (χ0v) is 11.7. The fourth-order valence-electron chi connectivity index (χ4n) is 2.19. The molecule has 0 unspecified atom stereocenters. The molecule has 2 heterocycles. The Labute approximate surface area is 121 Å². The minimum absolute atomic E-state index is 0.210. The van der Waals surface area contributed by atoms with Crippen LogP contribution in [0.15, 0.2) is 42.9 Å². The molecule has 0 atom stereocenters. The lowest BCUT2D eigenvalue weighted by Crippen LogP contribution is -2.09. The molecule has 0 saturated heterocycles. The SMILES string of the molecule is CNc1cn2ccnc2c(NCCc2cccc(F)c2)n1. The highest BCUT2D eigenvalue weighted by Crippen LogP contribution is 2.16. The Morgan fingerprint density at radius 3 is 3.05 bits per heavy atom. The molecule has 0 saturated carbocycles. The smallest absolute Gasteiger partial charge is 0.180 e. The van der Waals surface area contributed by atoms with Gasteiger partial charge in [-0.15, -0.1) is 0 Å². The van der Waals surface area contributed by atoms with Gasteiger partial charge in [-0.05, 0) is 24.1 Å². The number of anilines is 2. The van der Waals surface area contributed by atoms with Gasteiger partial charge in [0.25, 0.3) is 0 Å². The molecule has 108 valence electrons. The maximum atomic E-state index is 13.1. The van der Waals surface area contributed by atoms with Crippen LogP contribution in [0.4, 0.5) is 16.0 Å². The van der Waals surface area contributed by atoms with Gasteiger partial charge in [-0.1, -0.05) is 12.1 Å². The van der Waals surface area contributed by atoms with Crippen LogP contribution >= 0.6 is 0 Å². The third kappa shape index (κ3) is 2.94. The van der Waals surface area contributed by atoms with Gasteiger partial charge >= 0.3 is 0 Å². The summed E-state index contributed by atoms with van der Waals surface area (Å²) >= 11 is 0. The fraction of sp³-hybridized carbons (Fsp3) is 0.200. The van der Waals surface area contributed by atoms with Crippen molar-refractivity contribution >= 4 is 17.3 Å². The van der Waals surface area contributed by atoms with Gasteiger partial charge in [-0.3, -0.25) is 0 Å². The van der Waals surface area contributed by atoms with Crippen molar-refractivity contribution in [3.8, 4) is 0 Å². The van der Waals surface area contributed by atoms with E-state index >= 15 is 0 Å². The number of halogens is 1. The first-order valence-corrected chi connectivity index (χ1v) is 6.76. The topological polar surface area (TPSA) is 54.2 Å². The molecule has 6 heteroatoms. The standard InChI is InChI=1S/C15H16FN5/c1-17-13-10-21-8-7-19-15(21)14(20-13)18-6-5-11-3-2-4-12(16)9-11/h2-4,7-10,17H,5-6H2,1H3,(H,18,20). The maximum Gasteiger partial charge on any atom is 0.180 e. The monoisotopic (exact) mass is 285 g/mol. The van der Waals surface area contributed by atoms with Gasteiger partial charge in [0.05, 0.1) is 6.20 Å². The fourth-order valence-corrected chi connectivity index (χ4v) is 2.19. The molecule has 21 heavy (non-hydrogen) atoms. The molecule has 0 amide bonds. The molecule has 5 nitrogen and oxygen atoms in total. The van der Waals surface area contributed by atoms with E-state index < -0.39 is 0 Å². The first-order chi connectivity index (χ1) is 10.3. The molecule has 0 aliphatic heterocycles. The number of nitrogens with one attached hydrogen (secondary N) is 2. The van der Waals surface area contributed by atoms with E-state index in [1.165, 1.54) is 6.07 Å². The lowest BCUT2D eigenvalue weighted by Gasteiger charge is -2.09. The Morgan fingerprint density at radius 1 is 1.33 bits per heavy atom. The summed E-state index contributed by atoms with van der Waals surface area (Å²) in [4.78, 5) is 8.74. The third-order valence-corrected chi connectivity index (χ3v) is 3.23. The summed E-state index contributed by atoms with van der Waals surface area (Å²) in [6.45, 7) is 0.659. The summed E-state index contributed by atoms with van der Waals surface area (Å²) in [5, 5.41) is 6.28. The molecule has 2 aromatic heterocycles. The molecular formula is C15H16FN5. The minimum Gasteiger partial charge on any atom is -0.372 e. The van der Waals surface area contributed by atoms with E-state index in [4.69, 9.17) is 0 Å². The van der Waals surface area contributed by atoms with Gasteiger partial charge in [-0.2, -0.15) is 0 Å². The number of benzene rings is 1.